The van der Waals surface area contributed by atoms with Gasteiger partial charge >= 0.3 is 0 Å². The Balaban J connectivity index is 2.05. The number of methoxy groups -OCH3 is 1. The molecule has 2 rings (SSSR count). The summed E-state index contributed by atoms with van der Waals surface area (Å²) in [5, 5.41) is 6.41. The van der Waals surface area contributed by atoms with E-state index >= 15 is 0 Å². The van der Waals surface area contributed by atoms with E-state index in [9.17, 15) is 0 Å². The maximum atomic E-state index is 5.06. The number of hydrogen-bond acceptors (Lipinski definition) is 5. The number of rotatable bonds is 6. The molecule has 1 heterocycles. The van der Waals surface area contributed by atoms with Crippen LogP contribution in [0.5, 0.6) is 0 Å². The fraction of sp³-hybridized carbons (Fsp3) is 0.667. The highest BCUT2D eigenvalue weighted by molar-refractivity contribution is 5.47. The van der Waals surface area contributed by atoms with Crippen LogP contribution in [0.3, 0.4) is 0 Å². The molecule has 17 heavy (non-hydrogen) atoms. The van der Waals surface area contributed by atoms with Gasteiger partial charge in [-0.1, -0.05) is 6.92 Å². The smallest absolute Gasteiger partial charge is 0.158 e. The fourth-order valence-corrected chi connectivity index (χ4v) is 1.60. The zero-order chi connectivity index (χ0) is 12.3. The second-order valence-corrected chi connectivity index (χ2v) is 4.90. The molecule has 0 aliphatic heterocycles. The average molecular weight is 236 g/mol. The fourth-order valence-electron chi connectivity index (χ4n) is 1.60. The predicted octanol–water partition coefficient (Wildman–Crippen LogP) is 1.88. The SMILES string of the molecule is CNc1cc(NCC2(C)CC2)nc(COC)n1. The summed E-state index contributed by atoms with van der Waals surface area (Å²) in [7, 11) is 3.50. The lowest BCUT2D eigenvalue weighted by molar-refractivity contribution is 0.178. The van der Waals surface area contributed by atoms with Gasteiger partial charge in [0.1, 0.15) is 18.2 Å². The van der Waals surface area contributed by atoms with Crippen molar-refractivity contribution in [2.75, 3.05) is 31.3 Å². The predicted molar refractivity (Wildman–Crippen MR) is 68.1 cm³/mol. The van der Waals surface area contributed by atoms with Crippen LogP contribution in [0.25, 0.3) is 0 Å². The van der Waals surface area contributed by atoms with Crippen molar-refractivity contribution in [2.24, 2.45) is 5.41 Å². The Bertz CT molecular complexity index is 390. The molecular formula is C12H20N4O. The van der Waals surface area contributed by atoms with Crippen molar-refractivity contribution in [3.63, 3.8) is 0 Å². The van der Waals surface area contributed by atoms with Crippen LogP contribution in [0.15, 0.2) is 6.07 Å². The van der Waals surface area contributed by atoms with Crippen LogP contribution in [0.4, 0.5) is 11.6 Å². The summed E-state index contributed by atoms with van der Waals surface area (Å²) in [6.45, 7) is 3.69. The summed E-state index contributed by atoms with van der Waals surface area (Å²) in [6.07, 6.45) is 2.60. The molecule has 0 radical (unpaired) electrons. The van der Waals surface area contributed by atoms with E-state index in [-0.39, 0.29) is 0 Å². The average Bonchev–Trinajstić information content (AvgIpc) is 3.06. The maximum Gasteiger partial charge on any atom is 0.158 e. The normalized spacial score (nSPS) is 16.6. The molecule has 1 saturated carbocycles. The molecule has 1 aromatic heterocycles. The number of nitrogens with one attached hydrogen (secondary N) is 2. The number of hydrogen-bond donors (Lipinski definition) is 2. The third-order valence-electron chi connectivity index (χ3n) is 3.10. The van der Waals surface area contributed by atoms with Crippen LogP contribution in [0, 0.1) is 5.41 Å². The first-order valence-corrected chi connectivity index (χ1v) is 5.94. The van der Waals surface area contributed by atoms with Gasteiger partial charge < -0.3 is 15.4 Å². The van der Waals surface area contributed by atoms with Crippen molar-refractivity contribution in [3.05, 3.63) is 11.9 Å². The lowest BCUT2D eigenvalue weighted by Gasteiger charge is -2.12. The van der Waals surface area contributed by atoms with Crippen molar-refractivity contribution < 1.29 is 4.74 Å². The van der Waals surface area contributed by atoms with Gasteiger partial charge in [0.05, 0.1) is 0 Å². The van der Waals surface area contributed by atoms with Crippen LogP contribution >= 0.6 is 0 Å². The van der Waals surface area contributed by atoms with E-state index in [1.54, 1.807) is 7.11 Å². The second kappa shape index (κ2) is 4.87. The molecule has 94 valence electrons. The molecule has 0 amide bonds. The van der Waals surface area contributed by atoms with Crippen LogP contribution < -0.4 is 10.6 Å². The number of ether oxygens (including phenoxy) is 1. The Hall–Kier alpha value is -1.36. The van der Waals surface area contributed by atoms with Gasteiger partial charge in [-0.3, -0.25) is 0 Å². The highest BCUT2D eigenvalue weighted by atomic mass is 16.5. The van der Waals surface area contributed by atoms with Gasteiger partial charge in [0.15, 0.2) is 5.82 Å². The van der Waals surface area contributed by atoms with Crippen LogP contribution in [0.1, 0.15) is 25.6 Å². The molecule has 1 aliphatic carbocycles. The molecule has 5 nitrogen and oxygen atoms in total. The molecule has 1 aliphatic rings. The Morgan fingerprint density at radius 2 is 2.06 bits per heavy atom. The van der Waals surface area contributed by atoms with Gasteiger partial charge in [-0.2, -0.15) is 0 Å². The highest BCUT2D eigenvalue weighted by Gasteiger charge is 2.36. The minimum Gasteiger partial charge on any atom is -0.377 e. The molecule has 0 aromatic carbocycles. The highest BCUT2D eigenvalue weighted by Crippen LogP contribution is 2.44. The van der Waals surface area contributed by atoms with Crippen LogP contribution in [-0.2, 0) is 11.3 Å². The van der Waals surface area contributed by atoms with Crippen LogP contribution in [0.2, 0.25) is 0 Å². The first-order chi connectivity index (χ1) is 8.15. The molecule has 0 saturated heterocycles. The molecule has 0 bridgehead atoms. The monoisotopic (exact) mass is 236 g/mol. The Labute approximate surface area is 102 Å². The van der Waals surface area contributed by atoms with Gasteiger partial charge in [0.2, 0.25) is 0 Å². The van der Waals surface area contributed by atoms with Crippen molar-refractivity contribution in [1.82, 2.24) is 9.97 Å². The van der Waals surface area contributed by atoms with Gasteiger partial charge in [-0.05, 0) is 18.3 Å². The lowest BCUT2D eigenvalue weighted by atomic mass is 10.1. The Kier molecular flexibility index (Phi) is 3.47. The van der Waals surface area contributed by atoms with Crippen molar-refractivity contribution in [3.8, 4) is 0 Å². The first kappa shape index (κ1) is 12.1. The van der Waals surface area contributed by atoms with E-state index in [1.807, 2.05) is 13.1 Å². The van der Waals surface area contributed by atoms with E-state index < -0.39 is 0 Å². The molecule has 2 N–H and O–H groups in total. The molecular weight excluding hydrogens is 216 g/mol. The third-order valence-corrected chi connectivity index (χ3v) is 3.10. The van der Waals surface area contributed by atoms with Gasteiger partial charge in [0.25, 0.3) is 0 Å². The van der Waals surface area contributed by atoms with Crippen molar-refractivity contribution in [2.45, 2.75) is 26.4 Å². The van der Waals surface area contributed by atoms with Crippen LogP contribution in [-0.4, -0.2) is 30.7 Å². The minimum absolute atomic E-state index is 0.432. The maximum absolute atomic E-state index is 5.06. The van der Waals surface area contributed by atoms with Gasteiger partial charge in [0, 0.05) is 26.8 Å². The molecule has 0 spiro atoms. The third kappa shape index (κ3) is 3.30. The second-order valence-electron chi connectivity index (χ2n) is 4.90. The minimum atomic E-state index is 0.432. The zero-order valence-corrected chi connectivity index (χ0v) is 10.7. The molecule has 5 heteroatoms. The van der Waals surface area contributed by atoms with Gasteiger partial charge in [-0.25, -0.2) is 9.97 Å². The Morgan fingerprint density at radius 1 is 1.35 bits per heavy atom. The lowest BCUT2D eigenvalue weighted by Crippen LogP contribution is -2.14. The van der Waals surface area contributed by atoms with Crippen molar-refractivity contribution >= 4 is 11.6 Å². The first-order valence-electron chi connectivity index (χ1n) is 5.94. The summed E-state index contributed by atoms with van der Waals surface area (Å²) >= 11 is 0. The summed E-state index contributed by atoms with van der Waals surface area (Å²) in [6, 6.07) is 1.92. The number of nitrogens with zero attached hydrogens (tertiary/aromatic N) is 2. The summed E-state index contributed by atoms with van der Waals surface area (Å²) in [5.41, 5.74) is 0.464. The van der Waals surface area contributed by atoms with Gasteiger partial charge in [-0.15, -0.1) is 0 Å². The summed E-state index contributed by atoms with van der Waals surface area (Å²) in [4.78, 5) is 8.73. The topological polar surface area (TPSA) is 59.1 Å². The van der Waals surface area contributed by atoms with E-state index in [4.69, 9.17) is 4.74 Å². The number of aromatic nitrogens is 2. The van der Waals surface area contributed by atoms with Crippen molar-refractivity contribution in [1.29, 1.82) is 0 Å². The van der Waals surface area contributed by atoms with E-state index in [1.165, 1.54) is 12.8 Å². The molecule has 0 atom stereocenters. The van der Waals surface area contributed by atoms with E-state index in [0.29, 0.717) is 17.8 Å². The number of anilines is 2. The largest absolute Gasteiger partial charge is 0.377 e. The Morgan fingerprint density at radius 3 is 2.65 bits per heavy atom. The zero-order valence-electron chi connectivity index (χ0n) is 10.7. The van der Waals surface area contributed by atoms with E-state index in [2.05, 4.69) is 27.5 Å². The summed E-state index contributed by atoms with van der Waals surface area (Å²) < 4.78 is 5.06. The molecule has 1 fully saturated rings. The molecule has 0 unspecified atom stereocenters. The standard InChI is InChI=1S/C12H20N4O/c1-12(4-5-12)8-14-10-6-9(13-2)15-11(16-10)7-17-3/h6H,4-5,7-8H2,1-3H3,(H2,13,14,15,16). The van der Waals surface area contributed by atoms with E-state index in [0.717, 1.165) is 18.2 Å². The summed E-state index contributed by atoms with van der Waals surface area (Å²) in [5.74, 6) is 2.38. The molecule has 1 aromatic rings. The quantitative estimate of drug-likeness (QED) is 0.789.